The van der Waals surface area contributed by atoms with Crippen LogP contribution in [0, 0.1) is 0 Å². The predicted octanol–water partition coefficient (Wildman–Crippen LogP) is 6.62. The van der Waals surface area contributed by atoms with E-state index in [0.717, 1.165) is 29.8 Å². The van der Waals surface area contributed by atoms with Crippen molar-refractivity contribution in [1.29, 1.82) is 0 Å². The van der Waals surface area contributed by atoms with Crippen molar-refractivity contribution in [3.05, 3.63) is 58.2 Å². The number of rotatable bonds is 3. The fraction of sp³-hybridized carbons (Fsp3) is 0.222. The molecule has 1 N–H and O–H groups in total. The van der Waals surface area contributed by atoms with Crippen molar-refractivity contribution in [2.45, 2.75) is 24.9 Å². The molecule has 2 aromatic carbocycles. The minimum atomic E-state index is -4.48. The van der Waals surface area contributed by atoms with Crippen LogP contribution < -0.4 is 4.74 Å². The maximum absolute atomic E-state index is 13.2. The molecule has 1 aliphatic carbocycles. The summed E-state index contributed by atoms with van der Waals surface area (Å²) in [6, 6.07) is 9.22. The summed E-state index contributed by atoms with van der Waals surface area (Å²) in [7, 11) is 0. The van der Waals surface area contributed by atoms with Gasteiger partial charge in [-0.1, -0.05) is 6.07 Å². The predicted molar refractivity (Wildman–Crippen MR) is 89.5 cm³/mol. The third-order valence-corrected chi connectivity index (χ3v) is 4.82. The Hall–Kier alpha value is -1.95. The number of halogens is 4. The Morgan fingerprint density at radius 1 is 1.12 bits per heavy atom. The molecule has 3 aromatic rings. The Morgan fingerprint density at radius 2 is 1.92 bits per heavy atom. The number of benzene rings is 2. The van der Waals surface area contributed by atoms with Crippen LogP contribution in [0.3, 0.4) is 0 Å². The van der Waals surface area contributed by atoms with Crippen molar-refractivity contribution in [3.63, 3.8) is 0 Å². The highest BCUT2D eigenvalue weighted by molar-refractivity contribution is 9.10. The SMILES string of the molecule is FC(F)(F)c1cccc(Br)c1Oc1ccc2[nH]cc(C3CC3)c2c1. The lowest BCUT2D eigenvalue weighted by molar-refractivity contribution is -0.138. The van der Waals surface area contributed by atoms with Gasteiger partial charge in [0.25, 0.3) is 0 Å². The van der Waals surface area contributed by atoms with Crippen LogP contribution in [-0.2, 0) is 6.18 Å². The van der Waals surface area contributed by atoms with Gasteiger partial charge in [0.2, 0.25) is 0 Å². The van der Waals surface area contributed by atoms with Crippen LogP contribution in [0.4, 0.5) is 13.2 Å². The molecule has 0 bridgehead atoms. The molecule has 4 rings (SSSR count). The quantitative estimate of drug-likeness (QED) is 0.529. The number of hydrogen-bond donors (Lipinski definition) is 1. The first kappa shape index (κ1) is 15.6. The summed E-state index contributed by atoms with van der Waals surface area (Å²) in [4.78, 5) is 3.20. The number of alkyl halides is 3. The second-order valence-corrected chi connectivity index (χ2v) is 6.80. The van der Waals surface area contributed by atoms with E-state index in [9.17, 15) is 13.2 Å². The van der Waals surface area contributed by atoms with Gasteiger partial charge in [0.15, 0.2) is 5.75 Å². The van der Waals surface area contributed by atoms with Gasteiger partial charge in [-0.25, -0.2) is 0 Å². The van der Waals surface area contributed by atoms with E-state index < -0.39 is 11.7 Å². The van der Waals surface area contributed by atoms with Crippen molar-refractivity contribution in [1.82, 2.24) is 4.98 Å². The zero-order chi connectivity index (χ0) is 16.9. The summed E-state index contributed by atoms with van der Waals surface area (Å²) in [6.45, 7) is 0. The van der Waals surface area contributed by atoms with E-state index in [4.69, 9.17) is 4.74 Å². The first-order chi connectivity index (χ1) is 11.4. The highest BCUT2D eigenvalue weighted by Crippen LogP contribution is 2.45. The number of aromatic nitrogens is 1. The van der Waals surface area contributed by atoms with Crippen molar-refractivity contribution in [3.8, 4) is 11.5 Å². The van der Waals surface area contributed by atoms with E-state index in [1.807, 2.05) is 12.3 Å². The Bertz CT molecular complexity index is 912. The molecule has 0 unspecified atom stereocenters. The Morgan fingerprint density at radius 3 is 2.62 bits per heavy atom. The van der Waals surface area contributed by atoms with Gasteiger partial charge in [-0.15, -0.1) is 0 Å². The zero-order valence-corrected chi connectivity index (χ0v) is 14.0. The van der Waals surface area contributed by atoms with Gasteiger partial charge in [-0.3, -0.25) is 0 Å². The van der Waals surface area contributed by atoms with E-state index in [0.29, 0.717) is 11.7 Å². The highest BCUT2D eigenvalue weighted by Gasteiger charge is 2.35. The Kier molecular flexibility index (Phi) is 3.60. The second-order valence-electron chi connectivity index (χ2n) is 5.94. The molecule has 0 radical (unpaired) electrons. The first-order valence-corrected chi connectivity index (χ1v) is 8.37. The zero-order valence-electron chi connectivity index (χ0n) is 12.5. The molecule has 0 atom stereocenters. The number of aromatic amines is 1. The fourth-order valence-corrected chi connectivity index (χ4v) is 3.32. The number of ether oxygens (including phenoxy) is 1. The molecule has 1 aromatic heterocycles. The van der Waals surface area contributed by atoms with Crippen molar-refractivity contribution in [2.24, 2.45) is 0 Å². The molecule has 1 fully saturated rings. The molecule has 1 aliphatic rings. The summed E-state index contributed by atoms with van der Waals surface area (Å²) >= 11 is 3.16. The summed E-state index contributed by atoms with van der Waals surface area (Å²) in [6.07, 6.45) is -0.191. The summed E-state index contributed by atoms with van der Waals surface area (Å²) in [5.74, 6) is 0.720. The van der Waals surface area contributed by atoms with Crippen molar-refractivity contribution in [2.75, 3.05) is 0 Å². The first-order valence-electron chi connectivity index (χ1n) is 7.58. The lowest BCUT2D eigenvalue weighted by Gasteiger charge is -2.15. The molecule has 124 valence electrons. The third kappa shape index (κ3) is 2.79. The normalized spacial score (nSPS) is 15.0. The summed E-state index contributed by atoms with van der Waals surface area (Å²) in [5.41, 5.74) is 1.37. The molecule has 24 heavy (non-hydrogen) atoms. The Labute approximate surface area is 144 Å². The Balaban J connectivity index is 1.76. The highest BCUT2D eigenvalue weighted by atomic mass is 79.9. The molecular formula is C18H13BrF3NO. The maximum Gasteiger partial charge on any atom is 0.420 e. The number of nitrogens with one attached hydrogen (secondary N) is 1. The average Bonchev–Trinajstić information content (AvgIpc) is 3.28. The van der Waals surface area contributed by atoms with E-state index in [1.165, 1.54) is 17.7 Å². The van der Waals surface area contributed by atoms with Gasteiger partial charge >= 0.3 is 6.18 Å². The summed E-state index contributed by atoms with van der Waals surface area (Å²) < 4.78 is 45.5. The van der Waals surface area contributed by atoms with Crippen molar-refractivity contribution >= 4 is 26.8 Å². The lowest BCUT2D eigenvalue weighted by atomic mass is 10.1. The van der Waals surface area contributed by atoms with E-state index in [-0.39, 0.29) is 10.2 Å². The number of fused-ring (bicyclic) bond motifs is 1. The molecule has 0 spiro atoms. The molecule has 1 heterocycles. The van der Waals surface area contributed by atoms with Crippen LogP contribution in [0.2, 0.25) is 0 Å². The van der Waals surface area contributed by atoms with Gasteiger partial charge in [0, 0.05) is 17.1 Å². The van der Waals surface area contributed by atoms with E-state index >= 15 is 0 Å². The minimum absolute atomic E-state index is 0.215. The fourth-order valence-electron chi connectivity index (χ4n) is 2.87. The van der Waals surface area contributed by atoms with Gasteiger partial charge in [0.1, 0.15) is 5.75 Å². The molecule has 1 saturated carbocycles. The smallest absolute Gasteiger partial charge is 0.420 e. The van der Waals surface area contributed by atoms with Crippen molar-refractivity contribution < 1.29 is 17.9 Å². The maximum atomic E-state index is 13.2. The molecule has 6 heteroatoms. The van der Waals surface area contributed by atoms with Gasteiger partial charge in [0.05, 0.1) is 10.0 Å². The van der Waals surface area contributed by atoms with E-state index in [1.54, 1.807) is 12.1 Å². The monoisotopic (exact) mass is 395 g/mol. The number of hydrogen-bond acceptors (Lipinski definition) is 1. The molecule has 2 nitrogen and oxygen atoms in total. The van der Waals surface area contributed by atoms with Crippen LogP contribution in [0.15, 0.2) is 47.1 Å². The van der Waals surface area contributed by atoms with E-state index in [2.05, 4.69) is 20.9 Å². The second kappa shape index (κ2) is 5.55. The van der Waals surface area contributed by atoms with Gasteiger partial charge in [-0.2, -0.15) is 13.2 Å². The average molecular weight is 396 g/mol. The summed E-state index contributed by atoms with van der Waals surface area (Å²) in [5, 5.41) is 1.01. The van der Waals surface area contributed by atoms with Crippen LogP contribution in [-0.4, -0.2) is 4.98 Å². The molecule has 0 saturated heterocycles. The van der Waals surface area contributed by atoms with Gasteiger partial charge in [-0.05, 0) is 70.6 Å². The third-order valence-electron chi connectivity index (χ3n) is 4.19. The van der Waals surface area contributed by atoms with Crippen LogP contribution in [0.25, 0.3) is 10.9 Å². The van der Waals surface area contributed by atoms with Crippen LogP contribution in [0.5, 0.6) is 11.5 Å². The minimum Gasteiger partial charge on any atom is -0.456 e. The molecule has 0 aliphatic heterocycles. The topological polar surface area (TPSA) is 25.0 Å². The van der Waals surface area contributed by atoms with Crippen LogP contribution >= 0.6 is 15.9 Å². The number of H-pyrrole nitrogens is 1. The molecular weight excluding hydrogens is 383 g/mol. The van der Waals surface area contributed by atoms with Gasteiger partial charge < -0.3 is 9.72 Å². The lowest BCUT2D eigenvalue weighted by Crippen LogP contribution is -2.07. The number of para-hydroxylation sites is 1. The largest absolute Gasteiger partial charge is 0.456 e. The van der Waals surface area contributed by atoms with Crippen LogP contribution in [0.1, 0.15) is 29.9 Å². The molecule has 0 amide bonds. The standard InChI is InChI=1S/C18H13BrF3NO/c19-15-3-1-2-14(18(20,21)22)17(15)24-11-6-7-16-12(8-11)13(9-23-16)10-4-5-10/h1-3,6-10,23H,4-5H2.